The molecule has 0 radical (unpaired) electrons. The summed E-state index contributed by atoms with van der Waals surface area (Å²) in [5.41, 5.74) is 0.517. The summed E-state index contributed by atoms with van der Waals surface area (Å²) in [6, 6.07) is 0. The lowest BCUT2D eigenvalue weighted by Crippen LogP contribution is -2.87. The number of hydrogen-bond donors (Lipinski definition) is 2. The average Bonchev–Trinajstić information content (AvgIpc) is 1.70. The molecule has 0 heterocycles. The first kappa shape index (κ1) is 15.5. The number of nitrogens with one attached hydrogen (secondary N) is 2. The van der Waals surface area contributed by atoms with Gasteiger partial charge in [-0.25, -0.2) is 0 Å². The topological polar surface area (TPSA) is 26.0 Å². The second-order valence-electron chi connectivity index (χ2n) is 7.97. The summed E-state index contributed by atoms with van der Waals surface area (Å²) in [5, 5.41) is 3.57. The van der Waals surface area contributed by atoms with Crippen LogP contribution < -0.4 is 10.3 Å². The molecule has 0 aliphatic heterocycles. The van der Waals surface area contributed by atoms with E-state index >= 15 is 0 Å². The zero-order chi connectivity index (χ0) is 13.2. The third kappa shape index (κ3) is 10.0. The Morgan fingerprint density at radius 2 is 1.31 bits per heavy atom. The maximum atomic E-state index is 3.57. The monoisotopic (exact) mass is 227 g/mol. The molecule has 0 aromatic heterocycles. The van der Waals surface area contributed by atoms with Gasteiger partial charge in [0.05, 0.1) is 17.5 Å². The van der Waals surface area contributed by atoms with Crippen molar-refractivity contribution in [1.29, 1.82) is 0 Å². The van der Waals surface area contributed by atoms with Gasteiger partial charge in [0.1, 0.15) is 0 Å². The molecule has 0 aliphatic rings. The van der Waals surface area contributed by atoms with E-state index in [-0.39, 0.29) is 11.1 Å². The van der Waals surface area contributed by atoms with Crippen LogP contribution in [0.1, 0.15) is 68.7 Å². The Morgan fingerprint density at radius 3 is 1.56 bits per heavy atom. The summed E-state index contributed by atoms with van der Waals surface area (Å²) >= 11 is 0. The molecule has 0 amide bonds. The van der Waals surface area contributed by atoms with Crippen LogP contribution in [0.4, 0.5) is 0 Å². The molecule has 0 fully saturated rings. The molecule has 0 saturated carbocycles. The van der Waals surface area contributed by atoms with Gasteiger partial charge < -0.3 is 0 Å². The van der Waals surface area contributed by atoms with E-state index in [1.165, 1.54) is 5.84 Å². The van der Waals surface area contributed by atoms with Gasteiger partial charge in [-0.05, 0) is 47.0 Å². The molecule has 0 aromatic carbocycles. The maximum absolute atomic E-state index is 3.57. The Morgan fingerprint density at radius 1 is 0.875 bits per heavy atom. The van der Waals surface area contributed by atoms with Crippen LogP contribution in [-0.4, -0.2) is 16.9 Å². The highest BCUT2D eigenvalue weighted by molar-refractivity contribution is 5.77. The summed E-state index contributed by atoms with van der Waals surface area (Å²) in [4.78, 5) is 3.57. The van der Waals surface area contributed by atoms with Crippen LogP contribution in [0.3, 0.4) is 0 Å². The fourth-order valence-electron chi connectivity index (χ4n) is 1.56. The summed E-state index contributed by atoms with van der Waals surface area (Å²) in [6.45, 7) is 20.0. The molecule has 0 atom stereocenters. The van der Waals surface area contributed by atoms with E-state index in [4.69, 9.17) is 0 Å². The zero-order valence-corrected chi connectivity index (χ0v) is 12.7. The van der Waals surface area contributed by atoms with E-state index in [1.807, 2.05) is 0 Å². The quantitative estimate of drug-likeness (QED) is 0.521. The Labute approximate surface area is 102 Å². The van der Waals surface area contributed by atoms with Crippen LogP contribution in [0.25, 0.3) is 0 Å². The predicted octanol–water partition coefficient (Wildman–Crippen LogP) is 2.09. The highest BCUT2D eigenvalue weighted by Gasteiger charge is 2.26. The SMILES string of the molecule is CC(C)(C)CC(NC(C)(C)C)=[NH+]C(C)(C)C. The molecule has 0 spiro atoms. The molecule has 16 heavy (non-hydrogen) atoms. The van der Waals surface area contributed by atoms with E-state index in [0.717, 1.165) is 6.42 Å². The lowest BCUT2D eigenvalue weighted by molar-refractivity contribution is -0.542. The number of hydrogen-bond acceptors (Lipinski definition) is 0. The normalized spacial score (nSPS) is 15.2. The largest absolute Gasteiger partial charge is 0.274 e. The summed E-state index contributed by atoms with van der Waals surface area (Å²) in [5.74, 6) is 1.24. The molecule has 0 unspecified atom stereocenters. The Bertz CT molecular complexity index is 225. The third-order valence-corrected chi connectivity index (χ3v) is 1.76. The molecule has 0 rings (SSSR count). The van der Waals surface area contributed by atoms with Crippen LogP contribution in [0.5, 0.6) is 0 Å². The fraction of sp³-hybridized carbons (Fsp3) is 0.929. The van der Waals surface area contributed by atoms with Gasteiger partial charge in [-0.15, -0.1) is 0 Å². The maximum Gasteiger partial charge on any atom is 0.243 e. The van der Waals surface area contributed by atoms with E-state index < -0.39 is 0 Å². The van der Waals surface area contributed by atoms with Crippen molar-refractivity contribution >= 4 is 5.84 Å². The van der Waals surface area contributed by atoms with E-state index in [1.54, 1.807) is 0 Å². The van der Waals surface area contributed by atoms with Crippen molar-refractivity contribution in [1.82, 2.24) is 5.32 Å². The molecule has 0 aromatic rings. The molecular formula is C14H31N2+. The summed E-state index contributed by atoms with van der Waals surface area (Å²) in [6.07, 6.45) is 1.04. The zero-order valence-electron chi connectivity index (χ0n) is 12.7. The molecule has 2 nitrogen and oxygen atoms in total. The highest BCUT2D eigenvalue weighted by atomic mass is 15.1. The van der Waals surface area contributed by atoms with Gasteiger partial charge in [0.15, 0.2) is 0 Å². The van der Waals surface area contributed by atoms with Gasteiger partial charge in [-0.1, -0.05) is 20.8 Å². The van der Waals surface area contributed by atoms with Crippen molar-refractivity contribution < 1.29 is 4.99 Å². The van der Waals surface area contributed by atoms with Gasteiger partial charge in [0.25, 0.3) is 0 Å². The molecule has 96 valence electrons. The molecular weight excluding hydrogens is 196 g/mol. The van der Waals surface area contributed by atoms with Gasteiger partial charge in [0.2, 0.25) is 5.84 Å². The molecule has 0 bridgehead atoms. The molecule has 2 heteroatoms. The third-order valence-electron chi connectivity index (χ3n) is 1.76. The lowest BCUT2D eigenvalue weighted by Gasteiger charge is -2.24. The van der Waals surface area contributed by atoms with Crippen LogP contribution in [0.15, 0.2) is 0 Å². The second kappa shape index (κ2) is 4.77. The Kier molecular flexibility index (Phi) is 4.61. The van der Waals surface area contributed by atoms with Crippen LogP contribution in [-0.2, 0) is 0 Å². The van der Waals surface area contributed by atoms with E-state index in [9.17, 15) is 0 Å². The van der Waals surface area contributed by atoms with Crippen molar-refractivity contribution in [2.45, 2.75) is 79.8 Å². The first-order chi connectivity index (χ1) is 6.79. The lowest BCUT2D eigenvalue weighted by atomic mass is 9.90. The van der Waals surface area contributed by atoms with Gasteiger partial charge in [0, 0.05) is 0 Å². The van der Waals surface area contributed by atoms with Crippen molar-refractivity contribution in [2.75, 3.05) is 0 Å². The standard InChI is InChI=1S/C14H30N2/c1-12(2,3)10-11(15-13(4,5)6)16-14(7,8)9/h10H2,1-9H3,(H,15,16)/p+1. The summed E-state index contributed by atoms with van der Waals surface area (Å²) in [7, 11) is 0. The van der Waals surface area contributed by atoms with Crippen LogP contribution in [0, 0.1) is 5.41 Å². The minimum absolute atomic E-state index is 0.110. The van der Waals surface area contributed by atoms with Crippen molar-refractivity contribution in [2.24, 2.45) is 5.41 Å². The minimum atomic E-state index is 0.110. The number of rotatable bonds is 1. The van der Waals surface area contributed by atoms with E-state index in [0.29, 0.717) is 5.41 Å². The second-order valence-corrected chi connectivity index (χ2v) is 7.97. The Balaban J connectivity index is 4.87. The minimum Gasteiger partial charge on any atom is -0.274 e. The smallest absolute Gasteiger partial charge is 0.243 e. The summed E-state index contributed by atoms with van der Waals surface area (Å²) < 4.78 is 0. The van der Waals surface area contributed by atoms with Crippen LogP contribution in [0.2, 0.25) is 0 Å². The highest BCUT2D eigenvalue weighted by Crippen LogP contribution is 2.18. The van der Waals surface area contributed by atoms with E-state index in [2.05, 4.69) is 72.6 Å². The van der Waals surface area contributed by atoms with Crippen molar-refractivity contribution in [3.8, 4) is 0 Å². The van der Waals surface area contributed by atoms with Gasteiger partial charge >= 0.3 is 0 Å². The van der Waals surface area contributed by atoms with Gasteiger partial charge in [-0.2, -0.15) is 0 Å². The predicted molar refractivity (Wildman–Crippen MR) is 72.7 cm³/mol. The first-order valence-corrected chi connectivity index (χ1v) is 6.21. The molecule has 0 aliphatic carbocycles. The fourth-order valence-corrected chi connectivity index (χ4v) is 1.56. The van der Waals surface area contributed by atoms with Crippen molar-refractivity contribution in [3.05, 3.63) is 0 Å². The van der Waals surface area contributed by atoms with Crippen molar-refractivity contribution in [3.63, 3.8) is 0 Å². The molecule has 0 saturated heterocycles. The average molecular weight is 227 g/mol. The number of amidine groups is 1. The van der Waals surface area contributed by atoms with Gasteiger partial charge in [-0.3, -0.25) is 10.3 Å². The van der Waals surface area contributed by atoms with Crippen LogP contribution >= 0.6 is 0 Å². The first-order valence-electron chi connectivity index (χ1n) is 6.21. The molecule has 2 N–H and O–H groups in total. The Hall–Kier alpha value is -0.530.